The zero-order valence-electron chi connectivity index (χ0n) is 11.8. The molecule has 2 aromatic rings. The highest BCUT2D eigenvalue weighted by molar-refractivity contribution is 5.93. The first-order valence-electron chi connectivity index (χ1n) is 6.17. The predicted octanol–water partition coefficient (Wildman–Crippen LogP) is 3.56. The maximum absolute atomic E-state index is 13.1. The molecule has 0 fully saturated rings. The fourth-order valence-corrected chi connectivity index (χ4v) is 2.00. The van der Waals surface area contributed by atoms with Crippen LogP contribution in [0.1, 0.15) is 15.9 Å². The maximum Gasteiger partial charge on any atom is 0.417 e. The van der Waals surface area contributed by atoms with Gasteiger partial charge in [-0.1, -0.05) is 18.2 Å². The minimum absolute atomic E-state index is 0.0138. The zero-order valence-corrected chi connectivity index (χ0v) is 11.8. The van der Waals surface area contributed by atoms with Crippen LogP contribution in [0.5, 0.6) is 5.88 Å². The van der Waals surface area contributed by atoms with Gasteiger partial charge in [0.2, 0.25) is 5.88 Å². The van der Waals surface area contributed by atoms with Crippen LogP contribution < -0.4 is 4.74 Å². The monoisotopic (exact) mass is 311 g/mol. The summed E-state index contributed by atoms with van der Waals surface area (Å²) in [7, 11) is 2.47. The molecule has 4 nitrogen and oxygen atoms in total. The van der Waals surface area contributed by atoms with Gasteiger partial charge in [-0.15, -0.1) is 0 Å². The number of hydrogen-bond acceptors (Lipinski definition) is 4. The number of methoxy groups -OCH3 is 2. The van der Waals surface area contributed by atoms with Crippen molar-refractivity contribution in [3.05, 3.63) is 47.7 Å². The van der Waals surface area contributed by atoms with E-state index in [0.29, 0.717) is 0 Å². The fourth-order valence-electron chi connectivity index (χ4n) is 2.00. The highest BCUT2D eigenvalue weighted by Gasteiger charge is 2.33. The average Bonchev–Trinajstić information content (AvgIpc) is 2.52. The number of ether oxygens (including phenoxy) is 2. The summed E-state index contributed by atoms with van der Waals surface area (Å²) in [5.41, 5.74) is -0.776. The maximum atomic E-state index is 13.1. The third kappa shape index (κ3) is 3.03. The number of rotatable bonds is 3. The van der Waals surface area contributed by atoms with Crippen LogP contribution in [0.3, 0.4) is 0 Å². The van der Waals surface area contributed by atoms with Crippen LogP contribution in [0.25, 0.3) is 11.1 Å². The number of carbonyl (C=O) groups excluding carboxylic acids is 1. The van der Waals surface area contributed by atoms with Gasteiger partial charge in [0, 0.05) is 11.8 Å². The number of benzene rings is 1. The highest BCUT2D eigenvalue weighted by Crippen LogP contribution is 2.37. The molecule has 2 rings (SSSR count). The lowest BCUT2D eigenvalue weighted by Crippen LogP contribution is -2.09. The number of hydrogen-bond donors (Lipinski definition) is 0. The van der Waals surface area contributed by atoms with Crippen molar-refractivity contribution in [3.8, 4) is 17.0 Å². The van der Waals surface area contributed by atoms with E-state index in [1.807, 2.05) is 0 Å². The van der Waals surface area contributed by atoms with Gasteiger partial charge < -0.3 is 9.47 Å². The highest BCUT2D eigenvalue weighted by atomic mass is 19.4. The molecule has 0 bridgehead atoms. The van der Waals surface area contributed by atoms with Crippen molar-refractivity contribution in [2.75, 3.05) is 14.2 Å². The van der Waals surface area contributed by atoms with E-state index < -0.39 is 17.7 Å². The summed E-state index contributed by atoms with van der Waals surface area (Å²) in [6.45, 7) is 0. The molecule has 0 N–H and O–H groups in total. The van der Waals surface area contributed by atoms with Crippen molar-refractivity contribution in [1.29, 1.82) is 0 Å². The first-order valence-corrected chi connectivity index (χ1v) is 6.17. The minimum atomic E-state index is -4.51. The van der Waals surface area contributed by atoms with Crippen LogP contribution in [-0.2, 0) is 10.9 Å². The second-order valence-corrected chi connectivity index (χ2v) is 4.32. The third-order valence-corrected chi connectivity index (χ3v) is 2.99. The summed E-state index contributed by atoms with van der Waals surface area (Å²) in [5, 5.41) is 0. The van der Waals surface area contributed by atoms with Crippen molar-refractivity contribution >= 4 is 5.97 Å². The largest absolute Gasteiger partial charge is 0.480 e. The van der Waals surface area contributed by atoms with Gasteiger partial charge >= 0.3 is 12.1 Å². The molecule has 0 saturated heterocycles. The molecule has 0 amide bonds. The topological polar surface area (TPSA) is 48.4 Å². The van der Waals surface area contributed by atoms with Crippen molar-refractivity contribution in [2.45, 2.75) is 6.18 Å². The summed E-state index contributed by atoms with van der Waals surface area (Å²) in [6.07, 6.45) is -3.29. The Kier molecular flexibility index (Phi) is 4.35. The number of pyridine rings is 1. The van der Waals surface area contributed by atoms with Crippen molar-refractivity contribution in [2.24, 2.45) is 0 Å². The third-order valence-electron chi connectivity index (χ3n) is 2.99. The van der Waals surface area contributed by atoms with Gasteiger partial charge in [-0.05, 0) is 17.7 Å². The summed E-state index contributed by atoms with van der Waals surface area (Å²) in [5.74, 6) is -0.754. The van der Waals surface area contributed by atoms with Crippen LogP contribution in [0, 0.1) is 0 Å². The Morgan fingerprint density at radius 3 is 2.45 bits per heavy atom. The lowest BCUT2D eigenvalue weighted by Gasteiger charge is -2.14. The van der Waals surface area contributed by atoms with E-state index in [1.54, 1.807) is 0 Å². The number of alkyl halides is 3. The molecule has 0 radical (unpaired) electrons. The van der Waals surface area contributed by atoms with E-state index in [-0.39, 0.29) is 22.6 Å². The summed E-state index contributed by atoms with van der Waals surface area (Å²) in [6, 6.07) is 6.32. The first-order chi connectivity index (χ1) is 10.4. The molecule has 7 heteroatoms. The summed E-state index contributed by atoms with van der Waals surface area (Å²) >= 11 is 0. The molecule has 0 spiro atoms. The second kappa shape index (κ2) is 6.05. The SMILES string of the molecule is COC(=O)c1cc(-c2ccccc2C(F)(F)F)cnc1OC. The normalized spacial score (nSPS) is 11.1. The van der Waals surface area contributed by atoms with Crippen molar-refractivity contribution in [3.63, 3.8) is 0 Å². The van der Waals surface area contributed by atoms with Gasteiger partial charge in [-0.25, -0.2) is 9.78 Å². The minimum Gasteiger partial charge on any atom is -0.480 e. The van der Waals surface area contributed by atoms with E-state index in [0.717, 1.165) is 13.2 Å². The molecular weight excluding hydrogens is 299 g/mol. The Balaban J connectivity index is 2.62. The summed E-state index contributed by atoms with van der Waals surface area (Å²) in [4.78, 5) is 15.6. The van der Waals surface area contributed by atoms with E-state index in [2.05, 4.69) is 9.72 Å². The van der Waals surface area contributed by atoms with Crippen molar-refractivity contribution < 1.29 is 27.4 Å². The molecule has 22 heavy (non-hydrogen) atoms. The number of carbonyl (C=O) groups is 1. The lowest BCUT2D eigenvalue weighted by atomic mass is 9.99. The average molecular weight is 311 g/mol. The Labute approximate surface area is 124 Å². The lowest BCUT2D eigenvalue weighted by molar-refractivity contribution is -0.137. The molecule has 1 aromatic heterocycles. The van der Waals surface area contributed by atoms with Crippen LogP contribution in [-0.4, -0.2) is 25.2 Å². The Morgan fingerprint density at radius 1 is 1.18 bits per heavy atom. The Bertz CT molecular complexity index is 699. The Morgan fingerprint density at radius 2 is 1.86 bits per heavy atom. The van der Waals surface area contributed by atoms with Crippen LogP contribution >= 0.6 is 0 Å². The van der Waals surface area contributed by atoms with Gasteiger partial charge in [-0.2, -0.15) is 13.2 Å². The molecule has 0 aliphatic carbocycles. The van der Waals surface area contributed by atoms with Crippen LogP contribution in [0.4, 0.5) is 13.2 Å². The molecule has 1 heterocycles. The van der Waals surface area contributed by atoms with E-state index in [9.17, 15) is 18.0 Å². The van der Waals surface area contributed by atoms with Gasteiger partial charge in [0.05, 0.1) is 19.8 Å². The van der Waals surface area contributed by atoms with E-state index in [4.69, 9.17) is 4.74 Å². The molecule has 0 unspecified atom stereocenters. The molecule has 0 saturated carbocycles. The van der Waals surface area contributed by atoms with Crippen LogP contribution in [0.15, 0.2) is 36.5 Å². The van der Waals surface area contributed by atoms with Crippen molar-refractivity contribution in [1.82, 2.24) is 4.98 Å². The Hall–Kier alpha value is -2.57. The second-order valence-electron chi connectivity index (χ2n) is 4.32. The van der Waals surface area contributed by atoms with E-state index in [1.165, 1.54) is 37.6 Å². The van der Waals surface area contributed by atoms with Crippen LogP contribution in [0.2, 0.25) is 0 Å². The summed E-state index contributed by atoms with van der Waals surface area (Å²) < 4.78 is 48.7. The molecule has 116 valence electrons. The zero-order chi connectivity index (χ0) is 16.3. The van der Waals surface area contributed by atoms with E-state index >= 15 is 0 Å². The number of halogens is 3. The number of aromatic nitrogens is 1. The fraction of sp³-hybridized carbons (Fsp3) is 0.200. The first kappa shape index (κ1) is 15.8. The number of esters is 1. The van der Waals surface area contributed by atoms with Gasteiger partial charge in [-0.3, -0.25) is 0 Å². The molecule has 1 aromatic carbocycles. The smallest absolute Gasteiger partial charge is 0.417 e. The molecular formula is C15H12F3NO3. The van der Waals surface area contributed by atoms with Gasteiger partial charge in [0.15, 0.2) is 0 Å². The molecule has 0 aliphatic rings. The quantitative estimate of drug-likeness (QED) is 0.813. The van der Waals surface area contributed by atoms with Gasteiger partial charge in [0.25, 0.3) is 0 Å². The van der Waals surface area contributed by atoms with Gasteiger partial charge in [0.1, 0.15) is 5.56 Å². The molecule has 0 atom stereocenters. The molecule has 0 aliphatic heterocycles. The predicted molar refractivity (Wildman–Crippen MR) is 72.6 cm³/mol. The number of nitrogens with zero attached hydrogens (tertiary/aromatic N) is 1. The standard InChI is InChI=1S/C15H12F3NO3/c1-21-13-11(14(20)22-2)7-9(8-19-13)10-5-3-4-6-12(10)15(16,17)18/h3-8H,1-2H3.